The van der Waals surface area contributed by atoms with E-state index in [1.807, 2.05) is 23.1 Å². The molecule has 8 nitrogen and oxygen atoms in total. The number of amides is 1. The van der Waals surface area contributed by atoms with Gasteiger partial charge in [-0.05, 0) is 12.1 Å². The Morgan fingerprint density at radius 1 is 1.00 bits per heavy atom. The number of rotatable bonds is 3. The number of anilines is 1. The number of carbonyl (C=O) groups excluding carboxylic acids is 1. The molecule has 1 fully saturated rings. The molecule has 0 atom stereocenters. The molecule has 0 aliphatic carbocycles. The highest BCUT2D eigenvalue weighted by Crippen LogP contribution is 2.29. The number of piperazine rings is 1. The Hall–Kier alpha value is -3.50. The molecule has 0 saturated carbocycles. The van der Waals surface area contributed by atoms with E-state index < -0.39 is 12.1 Å². The Morgan fingerprint density at radius 2 is 1.66 bits per heavy atom. The summed E-state index contributed by atoms with van der Waals surface area (Å²) >= 11 is 0. The summed E-state index contributed by atoms with van der Waals surface area (Å²) in [6.07, 6.45) is -2.02. The van der Waals surface area contributed by atoms with E-state index in [-0.39, 0.29) is 17.3 Å². The van der Waals surface area contributed by atoms with Crippen molar-refractivity contribution < 1.29 is 22.5 Å². The van der Waals surface area contributed by atoms with Gasteiger partial charge in [0.15, 0.2) is 0 Å². The molecular formula is C18H15F3N6O2. The molecule has 0 bridgehead atoms. The van der Waals surface area contributed by atoms with E-state index in [1.165, 1.54) is 12.4 Å². The summed E-state index contributed by atoms with van der Waals surface area (Å²) in [4.78, 5) is 27.8. The molecule has 0 radical (unpaired) electrons. The lowest BCUT2D eigenvalue weighted by Crippen LogP contribution is -2.49. The lowest BCUT2D eigenvalue weighted by molar-refractivity contribution is -0.159. The van der Waals surface area contributed by atoms with Crippen LogP contribution in [0.15, 0.2) is 47.2 Å². The zero-order valence-electron chi connectivity index (χ0n) is 15.0. The minimum atomic E-state index is -4.71. The van der Waals surface area contributed by atoms with Gasteiger partial charge in [-0.3, -0.25) is 4.79 Å². The predicted molar refractivity (Wildman–Crippen MR) is 94.9 cm³/mol. The van der Waals surface area contributed by atoms with Crippen molar-refractivity contribution in [1.82, 2.24) is 25.0 Å². The zero-order chi connectivity index (χ0) is 20.4. The van der Waals surface area contributed by atoms with Gasteiger partial charge >= 0.3 is 12.1 Å². The van der Waals surface area contributed by atoms with Gasteiger partial charge in [0.25, 0.3) is 5.91 Å². The second kappa shape index (κ2) is 7.49. The first-order chi connectivity index (χ1) is 13.9. The lowest BCUT2D eigenvalue weighted by Gasteiger charge is -2.34. The summed E-state index contributed by atoms with van der Waals surface area (Å²) in [6.45, 7) is 2.11. The third kappa shape index (κ3) is 4.03. The van der Waals surface area contributed by atoms with Crippen molar-refractivity contribution in [3.63, 3.8) is 0 Å². The number of halogens is 3. The number of alkyl halides is 3. The molecule has 4 rings (SSSR count). The second-order valence-corrected chi connectivity index (χ2v) is 6.34. The van der Waals surface area contributed by atoms with E-state index in [1.54, 1.807) is 17.0 Å². The predicted octanol–water partition coefficient (Wildman–Crippen LogP) is 2.51. The van der Waals surface area contributed by atoms with Crippen LogP contribution in [0.25, 0.3) is 11.4 Å². The molecule has 11 heteroatoms. The Bertz CT molecular complexity index is 983. The SMILES string of the molecule is O=C(c1ccccc1)N1CCN(c2ncc(-c3noc(C(F)(F)F)n3)cn2)CC1. The number of nitrogens with zero attached hydrogens (tertiary/aromatic N) is 6. The monoisotopic (exact) mass is 404 g/mol. The van der Waals surface area contributed by atoms with Crippen LogP contribution in [-0.4, -0.2) is 57.1 Å². The van der Waals surface area contributed by atoms with Crippen LogP contribution >= 0.6 is 0 Å². The van der Waals surface area contributed by atoms with Crippen LogP contribution < -0.4 is 4.90 Å². The van der Waals surface area contributed by atoms with Gasteiger partial charge in [0.2, 0.25) is 11.8 Å². The molecule has 29 heavy (non-hydrogen) atoms. The van der Waals surface area contributed by atoms with Crippen molar-refractivity contribution in [2.75, 3.05) is 31.1 Å². The molecule has 1 amide bonds. The molecule has 0 spiro atoms. The molecule has 0 unspecified atom stereocenters. The number of carbonyl (C=O) groups is 1. The maximum absolute atomic E-state index is 12.6. The Labute approximate surface area is 163 Å². The Kier molecular flexibility index (Phi) is 4.87. The van der Waals surface area contributed by atoms with E-state index in [0.29, 0.717) is 37.7 Å². The maximum Gasteiger partial charge on any atom is 0.471 e. The lowest BCUT2D eigenvalue weighted by atomic mass is 10.2. The van der Waals surface area contributed by atoms with Crippen LogP contribution in [0.3, 0.4) is 0 Å². The van der Waals surface area contributed by atoms with E-state index in [2.05, 4.69) is 24.6 Å². The molecule has 150 valence electrons. The summed E-state index contributed by atoms with van der Waals surface area (Å²) in [7, 11) is 0. The Morgan fingerprint density at radius 3 is 2.24 bits per heavy atom. The molecule has 1 aromatic carbocycles. The van der Waals surface area contributed by atoms with Crippen LogP contribution in [-0.2, 0) is 6.18 Å². The van der Waals surface area contributed by atoms with E-state index in [4.69, 9.17) is 0 Å². The average Bonchev–Trinajstić information content (AvgIpc) is 3.25. The maximum atomic E-state index is 12.6. The number of hydrogen-bond donors (Lipinski definition) is 0. The zero-order valence-corrected chi connectivity index (χ0v) is 15.0. The molecule has 3 aromatic rings. The summed E-state index contributed by atoms with van der Waals surface area (Å²) < 4.78 is 41.9. The molecular weight excluding hydrogens is 389 g/mol. The van der Waals surface area contributed by atoms with Gasteiger partial charge in [0.05, 0.1) is 5.56 Å². The minimum absolute atomic E-state index is 0.0286. The molecule has 3 heterocycles. The quantitative estimate of drug-likeness (QED) is 0.663. The van der Waals surface area contributed by atoms with Gasteiger partial charge in [-0.2, -0.15) is 18.2 Å². The number of aromatic nitrogens is 4. The van der Waals surface area contributed by atoms with Crippen LogP contribution in [0.2, 0.25) is 0 Å². The van der Waals surface area contributed by atoms with Gasteiger partial charge in [0, 0.05) is 44.1 Å². The molecule has 1 saturated heterocycles. The van der Waals surface area contributed by atoms with Crippen LogP contribution in [0.1, 0.15) is 16.2 Å². The molecule has 1 aliphatic heterocycles. The Balaban J connectivity index is 1.39. The van der Waals surface area contributed by atoms with Crippen molar-refractivity contribution >= 4 is 11.9 Å². The topological polar surface area (TPSA) is 88.3 Å². The molecule has 1 aliphatic rings. The largest absolute Gasteiger partial charge is 0.471 e. The van der Waals surface area contributed by atoms with Gasteiger partial charge < -0.3 is 14.3 Å². The van der Waals surface area contributed by atoms with Crippen LogP contribution in [0.4, 0.5) is 19.1 Å². The van der Waals surface area contributed by atoms with Gasteiger partial charge in [-0.25, -0.2) is 9.97 Å². The normalized spacial score (nSPS) is 14.9. The van der Waals surface area contributed by atoms with Crippen molar-refractivity contribution in [2.24, 2.45) is 0 Å². The standard InChI is InChI=1S/C18H15F3N6O2/c19-18(20,21)16-24-14(25-29-16)13-10-22-17(23-11-13)27-8-6-26(7-9-27)15(28)12-4-2-1-3-5-12/h1-5,10-11H,6-9H2. The smallest absolute Gasteiger partial charge is 0.337 e. The van der Waals surface area contributed by atoms with Gasteiger partial charge in [-0.1, -0.05) is 23.4 Å². The second-order valence-electron chi connectivity index (χ2n) is 6.34. The van der Waals surface area contributed by atoms with Crippen LogP contribution in [0, 0.1) is 0 Å². The summed E-state index contributed by atoms with van der Waals surface area (Å²) in [5, 5.41) is 3.31. The van der Waals surface area contributed by atoms with E-state index in [9.17, 15) is 18.0 Å². The fourth-order valence-electron chi connectivity index (χ4n) is 2.93. The molecule has 0 N–H and O–H groups in total. The highest BCUT2D eigenvalue weighted by Gasteiger charge is 2.38. The molecule has 2 aromatic heterocycles. The van der Waals surface area contributed by atoms with Crippen molar-refractivity contribution in [2.45, 2.75) is 6.18 Å². The van der Waals surface area contributed by atoms with Crippen molar-refractivity contribution in [3.8, 4) is 11.4 Å². The first kappa shape index (κ1) is 18.8. The van der Waals surface area contributed by atoms with Gasteiger partial charge in [-0.15, -0.1) is 0 Å². The summed E-state index contributed by atoms with van der Waals surface area (Å²) in [5.41, 5.74) is 0.853. The first-order valence-corrected chi connectivity index (χ1v) is 8.74. The minimum Gasteiger partial charge on any atom is -0.337 e. The highest BCUT2D eigenvalue weighted by atomic mass is 19.4. The van der Waals surface area contributed by atoms with Crippen molar-refractivity contribution in [3.05, 3.63) is 54.2 Å². The average molecular weight is 404 g/mol. The highest BCUT2D eigenvalue weighted by molar-refractivity contribution is 5.94. The van der Waals surface area contributed by atoms with Crippen molar-refractivity contribution in [1.29, 1.82) is 0 Å². The van der Waals surface area contributed by atoms with Gasteiger partial charge in [0.1, 0.15) is 0 Å². The van der Waals surface area contributed by atoms with E-state index >= 15 is 0 Å². The third-order valence-electron chi connectivity index (χ3n) is 4.44. The third-order valence-corrected chi connectivity index (χ3v) is 4.44. The van der Waals surface area contributed by atoms with Crippen LogP contribution in [0.5, 0.6) is 0 Å². The fourth-order valence-corrected chi connectivity index (χ4v) is 2.93. The van der Waals surface area contributed by atoms with E-state index in [0.717, 1.165) is 0 Å². The summed E-state index contributed by atoms with van der Waals surface area (Å²) in [5.74, 6) is -1.27. The first-order valence-electron chi connectivity index (χ1n) is 8.74. The number of hydrogen-bond acceptors (Lipinski definition) is 7. The number of benzene rings is 1. The summed E-state index contributed by atoms with van der Waals surface area (Å²) in [6, 6.07) is 9.05. The fraction of sp³-hybridized carbons (Fsp3) is 0.278.